The van der Waals surface area contributed by atoms with Gasteiger partial charge in [-0.15, -0.1) is 0 Å². The van der Waals surface area contributed by atoms with Crippen LogP contribution in [0.1, 0.15) is 49.3 Å². The average molecular weight is 364 g/mol. The summed E-state index contributed by atoms with van der Waals surface area (Å²) in [5, 5.41) is 0. The molecule has 0 bridgehead atoms. The van der Waals surface area contributed by atoms with Crippen LogP contribution in [-0.2, 0) is 16.8 Å². The van der Waals surface area contributed by atoms with Gasteiger partial charge in [0.25, 0.3) is 0 Å². The van der Waals surface area contributed by atoms with Crippen LogP contribution in [0.25, 0.3) is 5.57 Å². The molecule has 3 rings (SSSR count). The van der Waals surface area contributed by atoms with Crippen molar-refractivity contribution < 1.29 is 21.5 Å². The molecular formula is C22H25CoO-. The summed E-state index contributed by atoms with van der Waals surface area (Å²) in [5.74, 6) is 2.07. The number of benzene rings is 2. The molecule has 1 fully saturated rings. The van der Waals surface area contributed by atoms with Crippen LogP contribution in [0.4, 0.5) is 0 Å². The van der Waals surface area contributed by atoms with Crippen LogP contribution in [-0.4, -0.2) is 0 Å². The van der Waals surface area contributed by atoms with E-state index in [0.717, 1.165) is 11.9 Å². The molecule has 0 heterocycles. The molecule has 0 aromatic heterocycles. The third-order valence-electron chi connectivity index (χ3n) is 4.86. The van der Waals surface area contributed by atoms with E-state index in [1.165, 1.54) is 35.1 Å². The van der Waals surface area contributed by atoms with E-state index >= 15 is 0 Å². The Morgan fingerprint density at radius 2 is 1.71 bits per heavy atom. The molecular weight excluding hydrogens is 339 g/mol. The molecule has 1 aliphatic rings. The van der Waals surface area contributed by atoms with Crippen LogP contribution in [0.3, 0.4) is 0 Å². The van der Waals surface area contributed by atoms with Gasteiger partial charge < -0.3 is 4.74 Å². The Labute approximate surface area is 156 Å². The number of hydrogen-bond donors (Lipinski definition) is 0. The summed E-state index contributed by atoms with van der Waals surface area (Å²) in [6.45, 7) is 10.5. The fourth-order valence-electron chi connectivity index (χ4n) is 3.48. The average Bonchev–Trinajstić information content (AvgIpc) is 2.48. The molecule has 129 valence electrons. The quantitative estimate of drug-likeness (QED) is 0.578. The van der Waals surface area contributed by atoms with E-state index < -0.39 is 0 Å². The third-order valence-corrected chi connectivity index (χ3v) is 4.86. The number of hydrogen-bond acceptors (Lipinski definition) is 1. The summed E-state index contributed by atoms with van der Waals surface area (Å²) in [5.41, 5.74) is 5.37. The molecule has 1 aliphatic carbocycles. The van der Waals surface area contributed by atoms with Gasteiger partial charge in [-0.1, -0.05) is 43.0 Å². The molecule has 1 nitrogen and oxygen atoms in total. The van der Waals surface area contributed by atoms with Crippen LogP contribution in [0, 0.1) is 18.9 Å². The van der Waals surface area contributed by atoms with Gasteiger partial charge in [0, 0.05) is 16.8 Å². The topological polar surface area (TPSA) is 9.23 Å². The molecule has 2 atom stereocenters. The SMILES string of the molecule is C=C(c1ccc(O[C-](C)C)cc1)C1CCC1c1ccccc1C.[Co]. The van der Waals surface area contributed by atoms with Gasteiger partial charge in [-0.25, -0.2) is 0 Å². The van der Waals surface area contributed by atoms with Crippen LogP contribution in [0.15, 0.2) is 55.1 Å². The summed E-state index contributed by atoms with van der Waals surface area (Å²) >= 11 is 0. The molecule has 2 unspecified atom stereocenters. The van der Waals surface area contributed by atoms with Crippen molar-refractivity contribution in [1.82, 2.24) is 0 Å². The first-order valence-corrected chi connectivity index (χ1v) is 8.39. The smallest absolute Gasteiger partial charge is 0.0848 e. The van der Waals surface area contributed by atoms with Crippen LogP contribution in [0.2, 0.25) is 0 Å². The summed E-state index contributed by atoms with van der Waals surface area (Å²) in [4.78, 5) is 0. The first-order chi connectivity index (χ1) is 11.1. The Balaban J connectivity index is 0.00000208. The maximum atomic E-state index is 5.64. The molecule has 2 aromatic carbocycles. The molecule has 2 heteroatoms. The van der Waals surface area contributed by atoms with E-state index in [1.807, 2.05) is 26.0 Å². The van der Waals surface area contributed by atoms with Crippen LogP contribution < -0.4 is 4.74 Å². The Bertz CT molecular complexity index is 687. The van der Waals surface area contributed by atoms with E-state index in [1.54, 1.807) is 0 Å². The largest absolute Gasteiger partial charge is 0.660 e. The predicted molar refractivity (Wildman–Crippen MR) is 97.3 cm³/mol. The zero-order valence-corrected chi connectivity index (χ0v) is 15.7. The van der Waals surface area contributed by atoms with E-state index in [4.69, 9.17) is 4.74 Å². The minimum absolute atomic E-state index is 0. The van der Waals surface area contributed by atoms with Gasteiger partial charge >= 0.3 is 0 Å². The molecule has 1 saturated carbocycles. The van der Waals surface area contributed by atoms with Gasteiger partial charge in [0.05, 0.1) is 5.75 Å². The number of ether oxygens (including phenoxy) is 1. The second-order valence-corrected chi connectivity index (χ2v) is 6.71. The first kappa shape index (κ1) is 18.8. The van der Waals surface area contributed by atoms with E-state index in [0.29, 0.717) is 11.8 Å². The van der Waals surface area contributed by atoms with Gasteiger partial charge in [0.1, 0.15) is 0 Å². The van der Waals surface area contributed by atoms with Crippen molar-refractivity contribution in [2.24, 2.45) is 5.92 Å². The monoisotopic (exact) mass is 364 g/mol. The fourth-order valence-corrected chi connectivity index (χ4v) is 3.48. The molecule has 0 aliphatic heterocycles. The summed E-state index contributed by atoms with van der Waals surface area (Å²) in [6, 6.07) is 17.1. The number of aryl methyl sites for hydroxylation is 1. The maximum Gasteiger partial charge on any atom is 0.0848 e. The Kier molecular flexibility index (Phi) is 6.31. The molecule has 2 aromatic rings. The summed E-state index contributed by atoms with van der Waals surface area (Å²) in [6.07, 6.45) is 3.45. The van der Waals surface area contributed by atoms with Crippen molar-refractivity contribution in [3.63, 3.8) is 0 Å². The van der Waals surface area contributed by atoms with Gasteiger partial charge in [-0.3, -0.25) is 0 Å². The van der Waals surface area contributed by atoms with Gasteiger partial charge in [0.15, 0.2) is 0 Å². The number of rotatable bonds is 5. The Morgan fingerprint density at radius 3 is 2.25 bits per heavy atom. The summed E-state index contributed by atoms with van der Waals surface area (Å²) in [7, 11) is 0. The minimum atomic E-state index is 0. The van der Waals surface area contributed by atoms with E-state index in [2.05, 4.69) is 49.9 Å². The Morgan fingerprint density at radius 1 is 1.04 bits per heavy atom. The van der Waals surface area contributed by atoms with Crippen molar-refractivity contribution in [3.05, 3.63) is 77.9 Å². The van der Waals surface area contributed by atoms with Crippen LogP contribution in [0.5, 0.6) is 5.75 Å². The van der Waals surface area contributed by atoms with E-state index in [-0.39, 0.29) is 16.8 Å². The minimum Gasteiger partial charge on any atom is -0.660 e. The van der Waals surface area contributed by atoms with Crippen molar-refractivity contribution >= 4 is 5.57 Å². The molecule has 0 N–H and O–H groups in total. The van der Waals surface area contributed by atoms with Gasteiger partial charge in [-0.2, -0.15) is 20.0 Å². The summed E-state index contributed by atoms with van der Waals surface area (Å²) < 4.78 is 5.64. The molecule has 0 amide bonds. The van der Waals surface area contributed by atoms with Gasteiger partial charge in [0.2, 0.25) is 0 Å². The second kappa shape index (κ2) is 8.04. The zero-order valence-electron chi connectivity index (χ0n) is 14.6. The third kappa shape index (κ3) is 3.93. The van der Waals surface area contributed by atoms with Crippen molar-refractivity contribution in [2.45, 2.75) is 39.5 Å². The van der Waals surface area contributed by atoms with Crippen molar-refractivity contribution in [3.8, 4) is 5.75 Å². The van der Waals surface area contributed by atoms with Crippen molar-refractivity contribution in [2.75, 3.05) is 0 Å². The molecule has 24 heavy (non-hydrogen) atoms. The second-order valence-electron chi connectivity index (χ2n) is 6.71. The van der Waals surface area contributed by atoms with Crippen LogP contribution >= 0.6 is 0 Å². The molecule has 0 spiro atoms. The number of allylic oxidation sites excluding steroid dienone is 1. The molecule has 0 saturated heterocycles. The first-order valence-electron chi connectivity index (χ1n) is 8.39. The fraction of sp³-hybridized carbons (Fsp3) is 0.318. The van der Waals surface area contributed by atoms with Crippen molar-refractivity contribution in [1.29, 1.82) is 0 Å². The molecule has 1 radical (unpaired) electrons. The Hall–Kier alpha value is -1.51. The zero-order chi connectivity index (χ0) is 16.4. The normalized spacial score (nSPS) is 19.3. The maximum absolute atomic E-state index is 5.64. The standard InChI is InChI=1S/C22H25O.Co/c1-15(2)23-19-11-9-18(10-12-19)17(4)21-13-14-22(21)20-8-6-5-7-16(20)3;/h5-12,21-22H,4,13-14H2,1-3H3;/q-1;. The van der Waals surface area contributed by atoms with E-state index in [9.17, 15) is 0 Å². The van der Waals surface area contributed by atoms with Gasteiger partial charge in [-0.05, 0) is 66.0 Å². The predicted octanol–water partition coefficient (Wildman–Crippen LogP) is 6.15.